The van der Waals surface area contributed by atoms with Gasteiger partial charge in [-0.05, 0) is 35.7 Å². The molecule has 6 heteroatoms. The fraction of sp³-hybridized carbons (Fsp3) is 0.455. The topological polar surface area (TPSA) is 45.2 Å². The Morgan fingerprint density at radius 2 is 2.29 bits per heavy atom. The second-order valence-corrected chi connectivity index (χ2v) is 5.19. The van der Waals surface area contributed by atoms with Crippen molar-refractivity contribution in [3.8, 4) is 0 Å². The molecule has 1 N–H and O–H groups in total. The molecule has 90 valence electrons. The largest absolute Gasteiger partial charge is 0.340 e. The summed E-state index contributed by atoms with van der Waals surface area (Å²) >= 11 is 3.08. The lowest BCUT2D eigenvalue weighted by molar-refractivity contribution is -0.117. The monoisotopic (exact) mass is 299 g/mol. The highest BCUT2D eigenvalue weighted by Crippen LogP contribution is 2.40. The molecule has 3 rings (SSSR count). The minimum absolute atomic E-state index is 0.104. The van der Waals surface area contributed by atoms with Gasteiger partial charge in [-0.2, -0.15) is 0 Å². The maximum Gasteiger partial charge on any atom is 0.246 e. The lowest BCUT2D eigenvalue weighted by Crippen LogP contribution is -2.48. The molecule has 1 aliphatic heterocycles. The second kappa shape index (κ2) is 3.66. The van der Waals surface area contributed by atoms with E-state index in [9.17, 15) is 9.18 Å². The standard InChI is InChI=1S/C11H11BrFN3O/c1-5-11(17)14-8-4-7(13)9(12)15-10(8)16(5)6-2-3-6/h4-6H,2-3H2,1H3,(H,14,17). The molecule has 1 atom stereocenters. The molecule has 2 heterocycles. The highest BCUT2D eigenvalue weighted by atomic mass is 79.9. The normalized spacial score (nSPS) is 23.4. The van der Waals surface area contributed by atoms with Crippen molar-refractivity contribution in [3.63, 3.8) is 0 Å². The number of aromatic nitrogens is 1. The lowest BCUT2D eigenvalue weighted by Gasteiger charge is -2.35. The smallest absolute Gasteiger partial charge is 0.246 e. The summed E-state index contributed by atoms with van der Waals surface area (Å²) in [5.74, 6) is 0.0927. The van der Waals surface area contributed by atoms with Crippen LogP contribution >= 0.6 is 15.9 Å². The van der Waals surface area contributed by atoms with Gasteiger partial charge in [0.1, 0.15) is 10.6 Å². The number of hydrogen-bond acceptors (Lipinski definition) is 3. The minimum atomic E-state index is -0.464. The number of amides is 1. The molecule has 1 unspecified atom stereocenters. The average Bonchev–Trinajstić information content (AvgIpc) is 3.07. The van der Waals surface area contributed by atoms with Gasteiger partial charge in [-0.15, -0.1) is 0 Å². The first-order valence-electron chi connectivity index (χ1n) is 5.53. The molecule has 4 nitrogen and oxygen atoms in total. The lowest BCUT2D eigenvalue weighted by atomic mass is 10.1. The number of nitrogens with zero attached hydrogens (tertiary/aromatic N) is 2. The summed E-state index contributed by atoms with van der Waals surface area (Å²) in [6.45, 7) is 1.84. The fourth-order valence-electron chi connectivity index (χ4n) is 2.14. The van der Waals surface area contributed by atoms with Crippen LogP contribution in [0.5, 0.6) is 0 Å². The summed E-state index contributed by atoms with van der Waals surface area (Å²) in [4.78, 5) is 18.0. The molecule has 0 radical (unpaired) electrons. The Kier molecular flexibility index (Phi) is 2.36. The van der Waals surface area contributed by atoms with E-state index in [1.54, 1.807) is 0 Å². The highest BCUT2D eigenvalue weighted by Gasteiger charge is 2.40. The number of carbonyl (C=O) groups excluding carboxylic acids is 1. The van der Waals surface area contributed by atoms with E-state index in [-0.39, 0.29) is 16.6 Å². The summed E-state index contributed by atoms with van der Waals surface area (Å²) in [6.07, 6.45) is 2.13. The third kappa shape index (κ3) is 1.71. The highest BCUT2D eigenvalue weighted by molar-refractivity contribution is 9.10. The van der Waals surface area contributed by atoms with Gasteiger partial charge in [-0.3, -0.25) is 4.79 Å². The first-order chi connectivity index (χ1) is 8.08. The van der Waals surface area contributed by atoms with Gasteiger partial charge in [0.05, 0.1) is 5.69 Å². The molecular weight excluding hydrogens is 289 g/mol. The average molecular weight is 300 g/mol. The van der Waals surface area contributed by atoms with Gasteiger partial charge in [0.25, 0.3) is 0 Å². The summed E-state index contributed by atoms with van der Waals surface area (Å²) in [5, 5.41) is 2.69. The minimum Gasteiger partial charge on any atom is -0.340 e. The van der Waals surface area contributed by atoms with Crippen LogP contribution < -0.4 is 10.2 Å². The van der Waals surface area contributed by atoms with Crippen molar-refractivity contribution < 1.29 is 9.18 Å². The van der Waals surface area contributed by atoms with E-state index in [0.717, 1.165) is 12.8 Å². The van der Waals surface area contributed by atoms with E-state index in [1.165, 1.54) is 6.07 Å². The number of anilines is 2. The maximum absolute atomic E-state index is 13.4. The van der Waals surface area contributed by atoms with Crippen molar-refractivity contribution in [1.82, 2.24) is 4.98 Å². The van der Waals surface area contributed by atoms with Crippen LogP contribution in [-0.2, 0) is 4.79 Å². The Labute approximate surface area is 106 Å². The number of nitrogens with one attached hydrogen (secondary N) is 1. The maximum atomic E-state index is 13.4. The molecule has 0 bridgehead atoms. The Morgan fingerprint density at radius 1 is 1.59 bits per heavy atom. The van der Waals surface area contributed by atoms with E-state index in [4.69, 9.17) is 0 Å². The third-order valence-corrected chi connectivity index (χ3v) is 3.71. The van der Waals surface area contributed by atoms with Crippen molar-refractivity contribution >= 4 is 33.3 Å². The van der Waals surface area contributed by atoms with Crippen molar-refractivity contribution in [2.75, 3.05) is 10.2 Å². The number of pyridine rings is 1. The number of hydrogen-bond donors (Lipinski definition) is 1. The first kappa shape index (κ1) is 11.0. The first-order valence-corrected chi connectivity index (χ1v) is 6.32. The van der Waals surface area contributed by atoms with Gasteiger partial charge in [0.15, 0.2) is 11.6 Å². The quantitative estimate of drug-likeness (QED) is 0.809. The summed E-state index contributed by atoms with van der Waals surface area (Å²) in [6, 6.07) is 1.42. The number of halogens is 2. The van der Waals surface area contributed by atoms with Gasteiger partial charge in [-0.25, -0.2) is 9.37 Å². The predicted octanol–water partition coefficient (Wildman–Crippen LogP) is 2.29. The van der Waals surface area contributed by atoms with Crippen LogP contribution in [-0.4, -0.2) is 23.0 Å². The molecule has 1 fully saturated rings. The Morgan fingerprint density at radius 3 is 2.94 bits per heavy atom. The van der Waals surface area contributed by atoms with Gasteiger partial charge < -0.3 is 10.2 Å². The Bertz CT molecular complexity index is 504. The molecule has 0 saturated heterocycles. The zero-order chi connectivity index (χ0) is 12.2. The third-order valence-electron chi connectivity index (χ3n) is 3.15. The number of rotatable bonds is 1. The van der Waals surface area contributed by atoms with Crippen LogP contribution in [0.2, 0.25) is 0 Å². The van der Waals surface area contributed by atoms with E-state index in [2.05, 4.69) is 26.2 Å². The fourth-order valence-corrected chi connectivity index (χ4v) is 2.42. The van der Waals surface area contributed by atoms with Gasteiger partial charge >= 0.3 is 0 Å². The Balaban J connectivity index is 2.12. The second-order valence-electron chi connectivity index (χ2n) is 4.44. The molecule has 1 aromatic rings. The molecule has 17 heavy (non-hydrogen) atoms. The zero-order valence-corrected chi connectivity index (χ0v) is 10.8. The molecule has 2 aliphatic rings. The van der Waals surface area contributed by atoms with Crippen molar-refractivity contribution in [3.05, 3.63) is 16.5 Å². The molecule has 1 saturated carbocycles. The van der Waals surface area contributed by atoms with E-state index < -0.39 is 5.82 Å². The molecule has 1 amide bonds. The molecule has 0 spiro atoms. The zero-order valence-electron chi connectivity index (χ0n) is 9.20. The van der Waals surface area contributed by atoms with Gasteiger partial charge in [-0.1, -0.05) is 0 Å². The number of carbonyl (C=O) groups is 1. The van der Waals surface area contributed by atoms with Crippen LogP contribution in [0.4, 0.5) is 15.9 Å². The molecule has 0 aromatic carbocycles. The predicted molar refractivity (Wildman–Crippen MR) is 65.5 cm³/mol. The van der Waals surface area contributed by atoms with Gasteiger partial charge in [0.2, 0.25) is 5.91 Å². The summed E-state index contributed by atoms with van der Waals surface area (Å²) in [7, 11) is 0. The van der Waals surface area contributed by atoms with Crippen LogP contribution in [0.1, 0.15) is 19.8 Å². The summed E-state index contributed by atoms with van der Waals surface area (Å²) in [5.41, 5.74) is 0.459. The molecule has 1 aromatic heterocycles. The van der Waals surface area contributed by atoms with E-state index >= 15 is 0 Å². The van der Waals surface area contributed by atoms with Crippen molar-refractivity contribution in [2.45, 2.75) is 31.8 Å². The van der Waals surface area contributed by atoms with Crippen molar-refractivity contribution in [1.29, 1.82) is 0 Å². The molecular formula is C11H11BrFN3O. The van der Waals surface area contributed by atoms with Gasteiger partial charge in [0, 0.05) is 12.1 Å². The summed E-state index contributed by atoms with van der Waals surface area (Å²) < 4.78 is 13.6. The number of fused-ring (bicyclic) bond motifs is 1. The molecule has 1 aliphatic carbocycles. The van der Waals surface area contributed by atoms with Crippen LogP contribution in [0.15, 0.2) is 10.7 Å². The van der Waals surface area contributed by atoms with Crippen LogP contribution in [0.3, 0.4) is 0 Å². The Hall–Kier alpha value is -1.17. The van der Waals surface area contributed by atoms with E-state index in [1.807, 2.05) is 11.8 Å². The SMILES string of the molecule is CC1C(=O)Nc2cc(F)c(Br)nc2N1C1CC1. The van der Waals surface area contributed by atoms with E-state index in [0.29, 0.717) is 17.5 Å². The van der Waals surface area contributed by atoms with Crippen LogP contribution in [0.25, 0.3) is 0 Å². The van der Waals surface area contributed by atoms with Crippen LogP contribution in [0, 0.1) is 5.82 Å². The van der Waals surface area contributed by atoms with Crippen molar-refractivity contribution in [2.24, 2.45) is 0 Å².